The quantitative estimate of drug-likeness (QED) is 0.429. The van der Waals surface area contributed by atoms with Crippen molar-refractivity contribution in [2.75, 3.05) is 52.7 Å². The van der Waals surface area contributed by atoms with E-state index in [1.54, 1.807) is 26.0 Å². The van der Waals surface area contributed by atoms with Gasteiger partial charge in [-0.25, -0.2) is 9.97 Å². The molecule has 2 saturated heterocycles. The number of thioether (sulfide) groups is 1. The van der Waals surface area contributed by atoms with Crippen LogP contribution in [0, 0.1) is 0 Å². The zero-order chi connectivity index (χ0) is 21.5. The molecule has 0 amide bonds. The van der Waals surface area contributed by atoms with E-state index in [-0.39, 0.29) is 0 Å². The van der Waals surface area contributed by atoms with E-state index >= 15 is 0 Å². The maximum Gasteiger partial charge on any atom is 0.187 e. The number of rotatable bonds is 9. The summed E-state index contributed by atoms with van der Waals surface area (Å²) in [5, 5.41) is 0.922. The van der Waals surface area contributed by atoms with Crippen LogP contribution in [-0.4, -0.2) is 72.5 Å². The van der Waals surface area contributed by atoms with E-state index in [4.69, 9.17) is 14.5 Å². The maximum atomic E-state index is 5.60. The molecule has 0 radical (unpaired) electrons. The highest BCUT2D eigenvalue weighted by atomic mass is 32.2. The average molecular weight is 443 g/mol. The molecule has 2 fully saturated rings. The molecule has 31 heavy (non-hydrogen) atoms. The minimum absolute atomic E-state index is 0.457. The molecule has 2 aromatic rings. The molecule has 7 heteroatoms. The summed E-state index contributed by atoms with van der Waals surface area (Å²) in [4.78, 5) is 14.5. The van der Waals surface area contributed by atoms with E-state index in [0.717, 1.165) is 48.6 Å². The second-order valence-corrected chi connectivity index (χ2v) is 9.48. The van der Waals surface area contributed by atoms with Crippen LogP contribution < -0.4 is 9.47 Å². The number of methoxy groups -OCH3 is 2. The average Bonchev–Trinajstić information content (AvgIpc) is 3.33. The molecule has 1 atom stereocenters. The fraction of sp³-hybridized carbons (Fsp3) is 0.583. The molecule has 1 aromatic heterocycles. The Morgan fingerprint density at radius 1 is 1.03 bits per heavy atom. The van der Waals surface area contributed by atoms with Crippen LogP contribution >= 0.6 is 11.8 Å². The van der Waals surface area contributed by atoms with Gasteiger partial charge in [0.1, 0.15) is 11.5 Å². The van der Waals surface area contributed by atoms with Gasteiger partial charge >= 0.3 is 0 Å². The van der Waals surface area contributed by atoms with Crippen LogP contribution in [0.2, 0.25) is 0 Å². The molecule has 0 bridgehead atoms. The summed E-state index contributed by atoms with van der Waals surface area (Å²) in [6.45, 7) is 6.64. The van der Waals surface area contributed by atoms with Gasteiger partial charge in [0.25, 0.3) is 0 Å². The normalized spacial score (nSPS) is 20.1. The Balaban J connectivity index is 1.35. The first kappa shape index (κ1) is 22.4. The number of likely N-dealkylation sites (tertiary alicyclic amines) is 2. The van der Waals surface area contributed by atoms with Crippen molar-refractivity contribution < 1.29 is 9.47 Å². The molecule has 168 valence electrons. The van der Waals surface area contributed by atoms with Gasteiger partial charge in [0, 0.05) is 54.8 Å². The fourth-order valence-electron chi connectivity index (χ4n) is 4.59. The Labute approximate surface area is 190 Å². The van der Waals surface area contributed by atoms with Crippen molar-refractivity contribution in [3.63, 3.8) is 0 Å². The highest BCUT2D eigenvalue weighted by molar-refractivity contribution is 7.99. The van der Waals surface area contributed by atoms with Crippen molar-refractivity contribution in [1.29, 1.82) is 0 Å². The van der Waals surface area contributed by atoms with Crippen molar-refractivity contribution in [1.82, 2.24) is 19.8 Å². The third kappa shape index (κ3) is 6.11. The summed E-state index contributed by atoms with van der Waals surface area (Å²) >= 11 is 1.79. The second kappa shape index (κ2) is 11.2. The molecule has 0 saturated carbocycles. The van der Waals surface area contributed by atoms with Gasteiger partial charge in [0.15, 0.2) is 5.16 Å². The summed E-state index contributed by atoms with van der Waals surface area (Å²) in [6, 6.07) is 8.19. The lowest BCUT2D eigenvalue weighted by molar-refractivity contribution is 0.196. The Morgan fingerprint density at radius 3 is 2.68 bits per heavy atom. The number of piperidine rings is 1. The van der Waals surface area contributed by atoms with Crippen LogP contribution in [0.25, 0.3) is 0 Å². The molecule has 6 nitrogen and oxygen atoms in total. The van der Waals surface area contributed by atoms with Gasteiger partial charge in [-0.3, -0.25) is 4.90 Å². The number of aromatic nitrogens is 2. The second-order valence-electron chi connectivity index (χ2n) is 8.41. The third-order valence-electron chi connectivity index (χ3n) is 6.30. The van der Waals surface area contributed by atoms with E-state index in [1.807, 2.05) is 18.3 Å². The number of nitrogens with zero attached hydrogens (tertiary/aromatic N) is 4. The minimum atomic E-state index is 0.457. The molecule has 1 aromatic carbocycles. The van der Waals surface area contributed by atoms with Gasteiger partial charge in [0.2, 0.25) is 0 Å². The highest BCUT2D eigenvalue weighted by Crippen LogP contribution is 2.30. The molecular formula is C24H34N4O2S. The molecule has 0 aliphatic carbocycles. The summed E-state index contributed by atoms with van der Waals surface area (Å²) in [5.41, 5.74) is 2.38. The van der Waals surface area contributed by atoms with Crippen molar-refractivity contribution in [3.8, 4) is 11.5 Å². The number of benzene rings is 1. The van der Waals surface area contributed by atoms with Crippen LogP contribution in [0.5, 0.6) is 11.5 Å². The van der Waals surface area contributed by atoms with Gasteiger partial charge < -0.3 is 14.4 Å². The molecule has 4 rings (SSSR count). The van der Waals surface area contributed by atoms with E-state index < -0.39 is 0 Å². The van der Waals surface area contributed by atoms with Crippen molar-refractivity contribution >= 4 is 11.8 Å². The lowest BCUT2D eigenvalue weighted by Crippen LogP contribution is -2.34. The monoisotopic (exact) mass is 442 g/mol. The molecular weight excluding hydrogens is 408 g/mol. The van der Waals surface area contributed by atoms with Crippen LogP contribution in [0.4, 0.5) is 0 Å². The SMILES string of the molecule is COc1ccc(CN2CCCC(c3ccnc(SCCN4CCCC4)n3)C2)c(OC)c1. The van der Waals surface area contributed by atoms with Crippen molar-refractivity contribution in [3.05, 3.63) is 41.7 Å². The number of hydrogen-bond acceptors (Lipinski definition) is 7. The maximum absolute atomic E-state index is 5.60. The summed E-state index contributed by atoms with van der Waals surface area (Å²) in [7, 11) is 3.41. The summed E-state index contributed by atoms with van der Waals surface area (Å²) in [5.74, 6) is 3.24. The van der Waals surface area contributed by atoms with Crippen LogP contribution in [0.1, 0.15) is 42.9 Å². The van der Waals surface area contributed by atoms with Crippen LogP contribution in [0.3, 0.4) is 0 Å². The van der Waals surface area contributed by atoms with E-state index in [0.29, 0.717) is 5.92 Å². The largest absolute Gasteiger partial charge is 0.497 e. The predicted octanol–water partition coefficient (Wildman–Crippen LogP) is 4.06. The number of hydrogen-bond donors (Lipinski definition) is 0. The Bertz CT molecular complexity index is 844. The van der Waals surface area contributed by atoms with Gasteiger partial charge in [-0.2, -0.15) is 0 Å². The molecule has 0 spiro atoms. The zero-order valence-corrected chi connectivity index (χ0v) is 19.6. The molecule has 3 heterocycles. The van der Waals surface area contributed by atoms with Gasteiger partial charge in [-0.05, 0) is 57.5 Å². The van der Waals surface area contributed by atoms with Gasteiger partial charge in [-0.1, -0.05) is 17.8 Å². The Kier molecular flexibility index (Phi) is 8.05. The highest BCUT2D eigenvalue weighted by Gasteiger charge is 2.24. The van der Waals surface area contributed by atoms with E-state index in [2.05, 4.69) is 26.9 Å². The lowest BCUT2D eigenvalue weighted by Gasteiger charge is -2.32. The van der Waals surface area contributed by atoms with Crippen molar-refractivity contribution in [2.24, 2.45) is 0 Å². The molecule has 0 N–H and O–H groups in total. The molecule has 1 unspecified atom stereocenters. The third-order valence-corrected chi connectivity index (χ3v) is 7.15. The topological polar surface area (TPSA) is 50.7 Å². The summed E-state index contributed by atoms with van der Waals surface area (Å²) < 4.78 is 10.9. The van der Waals surface area contributed by atoms with Crippen LogP contribution in [-0.2, 0) is 6.54 Å². The minimum Gasteiger partial charge on any atom is -0.497 e. The number of ether oxygens (including phenoxy) is 2. The van der Waals surface area contributed by atoms with Crippen molar-refractivity contribution in [2.45, 2.75) is 43.3 Å². The van der Waals surface area contributed by atoms with E-state index in [9.17, 15) is 0 Å². The zero-order valence-electron chi connectivity index (χ0n) is 18.8. The Hall–Kier alpha value is -1.83. The first-order valence-corrected chi connectivity index (χ1v) is 12.3. The first-order valence-electron chi connectivity index (χ1n) is 11.4. The molecule has 2 aliphatic heterocycles. The Morgan fingerprint density at radius 2 is 1.87 bits per heavy atom. The fourth-order valence-corrected chi connectivity index (χ4v) is 5.42. The lowest BCUT2D eigenvalue weighted by atomic mass is 9.94. The summed E-state index contributed by atoms with van der Waals surface area (Å²) in [6.07, 6.45) is 7.00. The molecule has 2 aliphatic rings. The first-order chi connectivity index (χ1) is 15.2. The standard InChI is InChI=1S/C24H34N4O2S/c1-29-21-8-7-20(23(16-21)30-2)18-28-13-5-6-19(17-28)22-9-10-25-24(26-22)31-15-14-27-11-3-4-12-27/h7-10,16,19H,3-6,11-15,17-18H2,1-2H3. The van der Waals surface area contributed by atoms with Gasteiger partial charge in [0.05, 0.1) is 14.2 Å². The van der Waals surface area contributed by atoms with E-state index in [1.165, 1.54) is 50.0 Å². The predicted molar refractivity (Wildman–Crippen MR) is 125 cm³/mol. The van der Waals surface area contributed by atoms with Gasteiger partial charge in [-0.15, -0.1) is 0 Å². The van der Waals surface area contributed by atoms with Crippen LogP contribution in [0.15, 0.2) is 35.6 Å². The smallest absolute Gasteiger partial charge is 0.187 e.